The molecule has 0 fully saturated rings. The Kier molecular flexibility index (Phi) is 5.45. The molecule has 1 amide bonds. The number of benzene rings is 3. The fourth-order valence-corrected chi connectivity index (χ4v) is 4.03. The monoisotopic (exact) mass is 397 g/mol. The average molecular weight is 398 g/mol. The van der Waals surface area contributed by atoms with Gasteiger partial charge in [-0.05, 0) is 35.1 Å². The lowest BCUT2D eigenvalue weighted by molar-refractivity contribution is -0.130. The molecule has 0 saturated carbocycles. The molecule has 152 valence electrons. The van der Waals surface area contributed by atoms with E-state index in [1.165, 1.54) is 5.56 Å². The Morgan fingerprint density at radius 3 is 2.13 bits per heavy atom. The van der Waals surface area contributed by atoms with E-state index in [2.05, 4.69) is 38.1 Å². The van der Waals surface area contributed by atoms with Gasteiger partial charge in [0, 0.05) is 12.1 Å². The Balaban J connectivity index is 1.80. The van der Waals surface area contributed by atoms with Crippen molar-refractivity contribution in [3.63, 3.8) is 0 Å². The Labute approximate surface area is 178 Å². The Morgan fingerprint density at radius 2 is 1.53 bits per heavy atom. The van der Waals surface area contributed by atoms with Crippen LogP contribution in [0.4, 0.5) is 0 Å². The van der Waals surface area contributed by atoms with E-state index in [4.69, 9.17) is 0 Å². The molecule has 3 aromatic rings. The summed E-state index contributed by atoms with van der Waals surface area (Å²) >= 11 is 0. The average Bonchev–Trinajstić information content (AvgIpc) is 3.00. The SMILES string of the molecule is Cc1ccc(C2=C(O)C(=O)N(Cc3ccccc3)C2c2ccc(C(C)C)cc2)cc1. The summed E-state index contributed by atoms with van der Waals surface area (Å²) in [6, 6.07) is 26.0. The smallest absolute Gasteiger partial charge is 0.290 e. The van der Waals surface area contributed by atoms with Gasteiger partial charge in [-0.15, -0.1) is 0 Å². The van der Waals surface area contributed by atoms with Crippen LogP contribution >= 0.6 is 0 Å². The highest BCUT2D eigenvalue weighted by molar-refractivity contribution is 6.05. The third kappa shape index (κ3) is 3.76. The molecule has 3 heteroatoms. The molecule has 1 N–H and O–H groups in total. The normalized spacial score (nSPS) is 16.6. The molecule has 0 bridgehead atoms. The van der Waals surface area contributed by atoms with Crippen LogP contribution < -0.4 is 0 Å². The highest BCUT2D eigenvalue weighted by Gasteiger charge is 2.40. The standard InChI is InChI=1S/C27H27NO2/c1-18(2)21-13-15-23(16-14-21)25-24(22-11-9-19(3)10-12-22)26(29)27(30)28(25)17-20-7-5-4-6-8-20/h4-16,18,25,29H,17H2,1-3H3. The molecule has 3 nitrogen and oxygen atoms in total. The molecule has 0 aliphatic carbocycles. The quantitative estimate of drug-likeness (QED) is 0.559. The van der Waals surface area contributed by atoms with Gasteiger partial charge in [0.05, 0.1) is 6.04 Å². The zero-order valence-corrected chi connectivity index (χ0v) is 17.7. The van der Waals surface area contributed by atoms with Crippen LogP contribution in [0.3, 0.4) is 0 Å². The van der Waals surface area contributed by atoms with Crippen LogP contribution in [0.15, 0.2) is 84.6 Å². The molecule has 3 aromatic carbocycles. The Morgan fingerprint density at radius 1 is 0.900 bits per heavy atom. The molecular weight excluding hydrogens is 370 g/mol. The first kappa shape index (κ1) is 20.0. The van der Waals surface area contributed by atoms with Crippen LogP contribution in [0.5, 0.6) is 0 Å². The number of hydrogen-bond donors (Lipinski definition) is 1. The van der Waals surface area contributed by atoms with Crippen molar-refractivity contribution in [1.82, 2.24) is 4.90 Å². The predicted molar refractivity (Wildman–Crippen MR) is 121 cm³/mol. The van der Waals surface area contributed by atoms with Gasteiger partial charge in [0.25, 0.3) is 5.91 Å². The van der Waals surface area contributed by atoms with Crippen molar-refractivity contribution in [1.29, 1.82) is 0 Å². The van der Waals surface area contributed by atoms with Crippen molar-refractivity contribution in [2.75, 3.05) is 0 Å². The van der Waals surface area contributed by atoms with Crippen molar-refractivity contribution in [3.05, 3.63) is 112 Å². The number of carbonyl (C=O) groups is 1. The van der Waals surface area contributed by atoms with E-state index in [1.54, 1.807) is 4.90 Å². The van der Waals surface area contributed by atoms with E-state index < -0.39 is 0 Å². The minimum Gasteiger partial charge on any atom is -0.503 e. The van der Waals surface area contributed by atoms with Crippen LogP contribution in [0.1, 0.15) is 53.6 Å². The summed E-state index contributed by atoms with van der Waals surface area (Å²) in [5.41, 5.74) is 5.98. The molecule has 0 aromatic heterocycles. The van der Waals surface area contributed by atoms with E-state index in [-0.39, 0.29) is 17.7 Å². The van der Waals surface area contributed by atoms with Crippen LogP contribution in [0.2, 0.25) is 0 Å². The Bertz CT molecular complexity index is 1060. The second kappa shape index (κ2) is 8.19. The van der Waals surface area contributed by atoms with E-state index >= 15 is 0 Å². The number of nitrogens with zero attached hydrogens (tertiary/aromatic N) is 1. The van der Waals surface area contributed by atoms with Crippen molar-refractivity contribution < 1.29 is 9.90 Å². The molecule has 1 aliphatic rings. The van der Waals surface area contributed by atoms with E-state index in [0.29, 0.717) is 18.0 Å². The van der Waals surface area contributed by atoms with Gasteiger partial charge in [-0.3, -0.25) is 4.79 Å². The maximum absolute atomic E-state index is 13.1. The number of amides is 1. The fraction of sp³-hybridized carbons (Fsp3) is 0.222. The summed E-state index contributed by atoms with van der Waals surface area (Å²) in [5.74, 6) is -0.0507. The minimum absolute atomic E-state index is 0.160. The molecule has 4 rings (SSSR count). The molecule has 0 radical (unpaired) electrons. The zero-order chi connectivity index (χ0) is 21.3. The molecular formula is C27H27NO2. The first-order chi connectivity index (χ1) is 14.5. The zero-order valence-electron chi connectivity index (χ0n) is 17.7. The second-order valence-electron chi connectivity index (χ2n) is 8.27. The van der Waals surface area contributed by atoms with Crippen molar-refractivity contribution in [3.8, 4) is 0 Å². The number of hydrogen-bond acceptors (Lipinski definition) is 2. The summed E-state index contributed by atoms with van der Waals surface area (Å²) in [6.45, 7) is 6.80. The van der Waals surface area contributed by atoms with Gasteiger partial charge in [0.2, 0.25) is 0 Å². The number of aliphatic hydroxyl groups excluding tert-OH is 1. The highest BCUT2D eigenvalue weighted by Crippen LogP contribution is 2.44. The maximum atomic E-state index is 13.1. The maximum Gasteiger partial charge on any atom is 0.290 e. The van der Waals surface area contributed by atoms with E-state index in [1.807, 2.05) is 61.5 Å². The summed E-state index contributed by atoms with van der Waals surface area (Å²) in [4.78, 5) is 14.9. The molecule has 30 heavy (non-hydrogen) atoms. The lowest BCUT2D eigenvalue weighted by atomic mass is 9.91. The van der Waals surface area contributed by atoms with Crippen LogP contribution in [0, 0.1) is 6.92 Å². The third-order valence-electron chi connectivity index (χ3n) is 5.78. The van der Waals surface area contributed by atoms with Crippen molar-refractivity contribution in [2.45, 2.75) is 39.3 Å². The van der Waals surface area contributed by atoms with Crippen molar-refractivity contribution >= 4 is 11.5 Å². The molecule has 1 unspecified atom stereocenters. The lowest BCUT2D eigenvalue weighted by Crippen LogP contribution is -2.29. The summed E-state index contributed by atoms with van der Waals surface area (Å²) in [5, 5.41) is 10.9. The lowest BCUT2D eigenvalue weighted by Gasteiger charge is -2.28. The van der Waals surface area contributed by atoms with Gasteiger partial charge in [-0.1, -0.05) is 98.3 Å². The molecule has 1 atom stereocenters. The predicted octanol–water partition coefficient (Wildman–Crippen LogP) is 6.17. The molecule has 0 spiro atoms. The summed E-state index contributed by atoms with van der Waals surface area (Å²) in [6.07, 6.45) is 0. The van der Waals surface area contributed by atoms with Crippen LogP contribution in [-0.2, 0) is 11.3 Å². The second-order valence-corrected chi connectivity index (χ2v) is 8.27. The first-order valence-corrected chi connectivity index (χ1v) is 10.4. The molecule has 0 saturated heterocycles. The van der Waals surface area contributed by atoms with Gasteiger partial charge in [0.15, 0.2) is 5.76 Å². The molecule has 1 heterocycles. The third-order valence-corrected chi connectivity index (χ3v) is 5.78. The molecule has 1 aliphatic heterocycles. The Hall–Kier alpha value is -3.33. The van der Waals surface area contributed by atoms with Crippen LogP contribution in [-0.4, -0.2) is 15.9 Å². The summed E-state index contributed by atoms with van der Waals surface area (Å²) < 4.78 is 0. The highest BCUT2D eigenvalue weighted by atomic mass is 16.3. The van der Waals surface area contributed by atoms with Crippen molar-refractivity contribution in [2.24, 2.45) is 0 Å². The fourth-order valence-electron chi connectivity index (χ4n) is 4.03. The minimum atomic E-state index is -0.332. The van der Waals surface area contributed by atoms with Gasteiger partial charge in [-0.2, -0.15) is 0 Å². The van der Waals surface area contributed by atoms with Gasteiger partial charge < -0.3 is 10.0 Å². The van der Waals surface area contributed by atoms with E-state index in [9.17, 15) is 9.90 Å². The van der Waals surface area contributed by atoms with Gasteiger partial charge in [-0.25, -0.2) is 0 Å². The largest absolute Gasteiger partial charge is 0.503 e. The van der Waals surface area contributed by atoms with E-state index in [0.717, 1.165) is 22.3 Å². The number of aryl methyl sites for hydroxylation is 1. The summed E-state index contributed by atoms with van der Waals surface area (Å²) in [7, 11) is 0. The number of carbonyl (C=O) groups excluding carboxylic acids is 1. The first-order valence-electron chi connectivity index (χ1n) is 10.4. The van der Waals surface area contributed by atoms with Gasteiger partial charge >= 0.3 is 0 Å². The number of rotatable bonds is 5. The topological polar surface area (TPSA) is 40.5 Å². The number of aliphatic hydroxyl groups is 1. The van der Waals surface area contributed by atoms with Gasteiger partial charge in [0.1, 0.15) is 0 Å². The van der Waals surface area contributed by atoms with Crippen LogP contribution in [0.25, 0.3) is 5.57 Å².